The van der Waals surface area contributed by atoms with Crippen LogP contribution in [0.5, 0.6) is 0 Å². The summed E-state index contributed by atoms with van der Waals surface area (Å²) >= 11 is 0. The minimum atomic E-state index is -0.202. The standard InChI is InChI=1S/C12H25NO2/c1-11(2,3)10(12(4,5)6)15-9(14)7-8-13/h10H,7-8,13H2,1-6H3. The molecule has 0 aliphatic heterocycles. The van der Waals surface area contributed by atoms with Crippen LogP contribution in [0.2, 0.25) is 0 Å². The second kappa shape index (κ2) is 4.97. The van der Waals surface area contributed by atoms with Gasteiger partial charge in [-0.15, -0.1) is 0 Å². The number of nitrogens with two attached hydrogens (primary N) is 1. The smallest absolute Gasteiger partial charge is 0.307 e. The molecule has 0 fully saturated rings. The third-order valence-corrected chi connectivity index (χ3v) is 2.17. The van der Waals surface area contributed by atoms with Crippen molar-refractivity contribution in [2.45, 2.75) is 54.1 Å². The van der Waals surface area contributed by atoms with E-state index in [1.807, 2.05) is 0 Å². The van der Waals surface area contributed by atoms with Crippen LogP contribution in [0.3, 0.4) is 0 Å². The number of rotatable bonds is 3. The van der Waals surface area contributed by atoms with Gasteiger partial charge in [0, 0.05) is 6.54 Å². The molecule has 15 heavy (non-hydrogen) atoms. The van der Waals surface area contributed by atoms with E-state index in [0.717, 1.165) is 0 Å². The summed E-state index contributed by atoms with van der Waals surface area (Å²) in [6.07, 6.45) is 0.201. The molecule has 0 heterocycles. The Kier molecular flexibility index (Phi) is 4.78. The zero-order valence-corrected chi connectivity index (χ0v) is 10.9. The Morgan fingerprint density at radius 2 is 1.53 bits per heavy atom. The largest absolute Gasteiger partial charge is 0.461 e. The number of esters is 1. The summed E-state index contributed by atoms with van der Waals surface area (Å²) in [4.78, 5) is 11.4. The average Bonchev–Trinajstić information content (AvgIpc) is 1.96. The highest BCUT2D eigenvalue weighted by Crippen LogP contribution is 2.36. The van der Waals surface area contributed by atoms with E-state index in [1.54, 1.807) is 0 Å². The van der Waals surface area contributed by atoms with E-state index < -0.39 is 0 Å². The summed E-state index contributed by atoms with van der Waals surface area (Å²) in [6, 6.07) is 0. The van der Waals surface area contributed by atoms with Gasteiger partial charge in [-0.25, -0.2) is 0 Å². The van der Waals surface area contributed by atoms with Gasteiger partial charge in [0.2, 0.25) is 0 Å². The van der Waals surface area contributed by atoms with Gasteiger partial charge in [0.05, 0.1) is 6.42 Å². The molecule has 0 saturated heterocycles. The van der Waals surface area contributed by atoms with Crippen molar-refractivity contribution in [3.05, 3.63) is 0 Å². The highest BCUT2D eigenvalue weighted by molar-refractivity contribution is 5.69. The molecule has 0 saturated carbocycles. The molecule has 0 aromatic carbocycles. The lowest BCUT2D eigenvalue weighted by molar-refractivity contribution is -0.163. The molecule has 0 atom stereocenters. The first kappa shape index (κ1) is 14.4. The Morgan fingerprint density at radius 1 is 1.13 bits per heavy atom. The lowest BCUT2D eigenvalue weighted by Crippen LogP contribution is -2.42. The molecule has 0 aromatic rings. The van der Waals surface area contributed by atoms with Gasteiger partial charge in [0.15, 0.2) is 0 Å². The second-order valence-corrected chi connectivity index (χ2v) is 6.14. The average molecular weight is 215 g/mol. The predicted octanol–water partition coefficient (Wildman–Crippen LogP) is 2.34. The SMILES string of the molecule is CC(C)(C)C(OC(=O)CCN)C(C)(C)C. The predicted molar refractivity (Wildman–Crippen MR) is 62.5 cm³/mol. The minimum absolute atomic E-state index is 0.0531. The Morgan fingerprint density at radius 3 is 1.80 bits per heavy atom. The van der Waals surface area contributed by atoms with Crippen LogP contribution >= 0.6 is 0 Å². The van der Waals surface area contributed by atoms with Gasteiger partial charge in [-0.1, -0.05) is 41.5 Å². The molecule has 90 valence electrons. The molecule has 0 aliphatic carbocycles. The highest BCUT2D eigenvalue weighted by atomic mass is 16.5. The number of hydrogen-bond acceptors (Lipinski definition) is 3. The van der Waals surface area contributed by atoms with Gasteiger partial charge in [0.25, 0.3) is 0 Å². The number of hydrogen-bond donors (Lipinski definition) is 1. The number of carbonyl (C=O) groups is 1. The van der Waals surface area contributed by atoms with E-state index in [4.69, 9.17) is 10.5 Å². The number of ether oxygens (including phenoxy) is 1. The molecule has 0 spiro atoms. The highest BCUT2D eigenvalue weighted by Gasteiger charge is 2.37. The van der Waals surface area contributed by atoms with Crippen LogP contribution in [0.4, 0.5) is 0 Å². The fraction of sp³-hybridized carbons (Fsp3) is 0.917. The van der Waals surface area contributed by atoms with Crippen LogP contribution in [0.15, 0.2) is 0 Å². The van der Waals surface area contributed by atoms with E-state index in [2.05, 4.69) is 41.5 Å². The van der Waals surface area contributed by atoms with Crippen LogP contribution in [-0.2, 0) is 9.53 Å². The molecular formula is C12H25NO2. The molecule has 0 aromatic heterocycles. The Hall–Kier alpha value is -0.570. The van der Waals surface area contributed by atoms with Crippen molar-refractivity contribution in [3.63, 3.8) is 0 Å². The van der Waals surface area contributed by atoms with E-state index in [9.17, 15) is 4.79 Å². The van der Waals surface area contributed by atoms with Crippen molar-refractivity contribution in [3.8, 4) is 0 Å². The molecule has 0 rings (SSSR count). The third kappa shape index (κ3) is 5.17. The van der Waals surface area contributed by atoms with Gasteiger partial charge in [-0.2, -0.15) is 0 Å². The maximum Gasteiger partial charge on any atom is 0.307 e. The van der Waals surface area contributed by atoms with E-state index in [-0.39, 0.29) is 22.9 Å². The van der Waals surface area contributed by atoms with Crippen molar-refractivity contribution < 1.29 is 9.53 Å². The summed E-state index contributed by atoms with van der Waals surface area (Å²) in [6.45, 7) is 12.8. The molecule has 3 nitrogen and oxygen atoms in total. The summed E-state index contributed by atoms with van der Waals surface area (Å²) in [5.41, 5.74) is 5.22. The minimum Gasteiger partial charge on any atom is -0.461 e. The molecule has 2 N–H and O–H groups in total. The second-order valence-electron chi connectivity index (χ2n) is 6.14. The van der Waals surface area contributed by atoms with Gasteiger partial charge >= 0.3 is 5.97 Å². The van der Waals surface area contributed by atoms with Crippen LogP contribution in [0.25, 0.3) is 0 Å². The van der Waals surface area contributed by atoms with Gasteiger partial charge < -0.3 is 10.5 Å². The molecule has 0 unspecified atom stereocenters. The Balaban J connectivity index is 4.62. The monoisotopic (exact) mass is 215 g/mol. The van der Waals surface area contributed by atoms with Crippen LogP contribution in [-0.4, -0.2) is 18.6 Å². The lowest BCUT2D eigenvalue weighted by Gasteiger charge is -2.39. The molecule has 3 heteroatoms. The first-order valence-electron chi connectivity index (χ1n) is 5.48. The van der Waals surface area contributed by atoms with Crippen molar-refractivity contribution in [2.24, 2.45) is 16.6 Å². The fourth-order valence-corrected chi connectivity index (χ4v) is 1.96. The summed E-state index contributed by atoms with van der Waals surface area (Å²) in [5, 5.41) is 0. The van der Waals surface area contributed by atoms with Crippen molar-refractivity contribution in [1.29, 1.82) is 0 Å². The third-order valence-electron chi connectivity index (χ3n) is 2.17. The number of carbonyl (C=O) groups excluding carboxylic acids is 1. The quantitative estimate of drug-likeness (QED) is 0.735. The maximum absolute atomic E-state index is 11.4. The van der Waals surface area contributed by atoms with Crippen LogP contribution < -0.4 is 5.73 Å². The zero-order chi connectivity index (χ0) is 12.3. The molecular weight excluding hydrogens is 190 g/mol. The van der Waals surface area contributed by atoms with Crippen LogP contribution in [0.1, 0.15) is 48.0 Å². The Bertz CT molecular complexity index is 197. The first-order chi connectivity index (χ1) is 6.59. The van der Waals surface area contributed by atoms with Crippen LogP contribution in [0, 0.1) is 10.8 Å². The van der Waals surface area contributed by atoms with Gasteiger partial charge in [0.1, 0.15) is 6.10 Å². The summed E-state index contributed by atoms with van der Waals surface area (Å²) < 4.78 is 5.50. The normalized spacial score (nSPS) is 13.1. The van der Waals surface area contributed by atoms with E-state index >= 15 is 0 Å². The van der Waals surface area contributed by atoms with Crippen molar-refractivity contribution in [2.75, 3.05) is 6.54 Å². The maximum atomic E-state index is 11.4. The first-order valence-corrected chi connectivity index (χ1v) is 5.48. The van der Waals surface area contributed by atoms with Crippen molar-refractivity contribution in [1.82, 2.24) is 0 Å². The van der Waals surface area contributed by atoms with E-state index in [1.165, 1.54) is 0 Å². The van der Waals surface area contributed by atoms with Crippen molar-refractivity contribution >= 4 is 5.97 Å². The fourth-order valence-electron chi connectivity index (χ4n) is 1.96. The van der Waals surface area contributed by atoms with Gasteiger partial charge in [-0.05, 0) is 10.8 Å². The summed E-state index contributed by atoms with van der Waals surface area (Å²) in [7, 11) is 0. The topological polar surface area (TPSA) is 52.3 Å². The molecule has 0 radical (unpaired) electrons. The van der Waals surface area contributed by atoms with Gasteiger partial charge in [-0.3, -0.25) is 4.79 Å². The zero-order valence-electron chi connectivity index (χ0n) is 10.9. The van der Waals surface area contributed by atoms with E-state index in [0.29, 0.717) is 13.0 Å². The molecule has 0 bridgehead atoms. The Labute approximate surface area is 93.4 Å². The molecule has 0 aliphatic rings. The molecule has 0 amide bonds. The summed E-state index contributed by atoms with van der Waals surface area (Å²) in [5.74, 6) is -0.202. The lowest BCUT2D eigenvalue weighted by atomic mass is 9.74.